The first-order valence-corrected chi connectivity index (χ1v) is 6.29. The minimum Gasteiger partial charge on any atom is -0.373 e. The van der Waals surface area contributed by atoms with E-state index in [9.17, 15) is 4.79 Å². The summed E-state index contributed by atoms with van der Waals surface area (Å²) in [5.74, 6) is -0.0244. The number of aromatic nitrogens is 1. The molecule has 0 saturated heterocycles. The van der Waals surface area contributed by atoms with Gasteiger partial charge in [-0.1, -0.05) is 18.2 Å². The van der Waals surface area contributed by atoms with Crippen LogP contribution in [-0.2, 0) is 11.2 Å². The fourth-order valence-electron chi connectivity index (χ4n) is 2.31. The van der Waals surface area contributed by atoms with E-state index in [1.807, 2.05) is 37.3 Å². The largest absolute Gasteiger partial charge is 0.373 e. The molecule has 4 nitrogen and oxygen atoms in total. The van der Waals surface area contributed by atoms with E-state index >= 15 is 0 Å². The average Bonchev–Trinajstić information content (AvgIpc) is 2.82. The number of anilines is 2. The number of hydrogen-bond donors (Lipinski definition) is 2. The van der Waals surface area contributed by atoms with Gasteiger partial charge < -0.3 is 10.6 Å². The summed E-state index contributed by atoms with van der Waals surface area (Å²) < 4.78 is 0. The molecule has 1 aromatic carbocycles. The van der Waals surface area contributed by atoms with Crippen LogP contribution >= 0.6 is 0 Å². The number of rotatable bonds is 2. The minimum atomic E-state index is -0.210. The Balaban J connectivity index is 1.70. The lowest BCUT2D eigenvalue weighted by Crippen LogP contribution is -2.32. The Bertz CT molecular complexity index is 599. The van der Waals surface area contributed by atoms with Gasteiger partial charge in [-0.2, -0.15) is 0 Å². The molecule has 2 heterocycles. The molecule has 0 fully saturated rings. The first kappa shape index (κ1) is 11.7. The van der Waals surface area contributed by atoms with Crippen molar-refractivity contribution < 1.29 is 4.79 Å². The Labute approximate surface area is 111 Å². The Morgan fingerprint density at radius 3 is 3.00 bits per heavy atom. The number of nitrogens with zero attached hydrogens (tertiary/aromatic N) is 1. The molecule has 2 aromatic rings. The predicted octanol–water partition coefficient (Wildman–Crippen LogP) is 2.37. The van der Waals surface area contributed by atoms with E-state index in [4.69, 9.17) is 0 Å². The van der Waals surface area contributed by atoms with Gasteiger partial charge in [0.05, 0.1) is 11.9 Å². The lowest BCUT2D eigenvalue weighted by Gasteiger charge is -2.12. The number of para-hydroxylation sites is 1. The highest BCUT2D eigenvalue weighted by Gasteiger charge is 2.26. The summed E-state index contributed by atoms with van der Waals surface area (Å²) in [6, 6.07) is 9.70. The van der Waals surface area contributed by atoms with Crippen molar-refractivity contribution in [2.75, 3.05) is 10.6 Å². The van der Waals surface area contributed by atoms with E-state index in [-0.39, 0.29) is 11.9 Å². The Morgan fingerprint density at radius 2 is 2.21 bits per heavy atom. The molecule has 0 saturated carbocycles. The first-order valence-electron chi connectivity index (χ1n) is 6.29. The van der Waals surface area contributed by atoms with Crippen LogP contribution in [0.1, 0.15) is 11.1 Å². The lowest BCUT2D eigenvalue weighted by atomic mass is 10.1. The van der Waals surface area contributed by atoms with Gasteiger partial charge in [0.15, 0.2) is 0 Å². The molecule has 1 aromatic heterocycles. The van der Waals surface area contributed by atoms with Crippen molar-refractivity contribution in [1.29, 1.82) is 0 Å². The second-order valence-electron chi connectivity index (χ2n) is 4.80. The molecule has 0 bridgehead atoms. The minimum absolute atomic E-state index is 0.0244. The first-order chi connectivity index (χ1) is 9.22. The number of benzene rings is 1. The van der Waals surface area contributed by atoms with Crippen LogP contribution in [0.3, 0.4) is 0 Å². The quantitative estimate of drug-likeness (QED) is 0.864. The number of hydrogen-bond acceptors (Lipinski definition) is 3. The van der Waals surface area contributed by atoms with Crippen LogP contribution in [0, 0.1) is 6.92 Å². The number of fused-ring (bicyclic) bond motifs is 1. The Kier molecular flexibility index (Phi) is 2.91. The van der Waals surface area contributed by atoms with Gasteiger partial charge >= 0.3 is 0 Å². The molecule has 0 spiro atoms. The second kappa shape index (κ2) is 4.72. The Hall–Kier alpha value is -2.36. The molecule has 0 radical (unpaired) electrons. The van der Waals surface area contributed by atoms with Crippen LogP contribution in [-0.4, -0.2) is 16.9 Å². The molecule has 1 atom stereocenters. The van der Waals surface area contributed by atoms with E-state index in [2.05, 4.69) is 15.6 Å². The molecule has 4 heteroatoms. The summed E-state index contributed by atoms with van der Waals surface area (Å²) in [5.41, 5.74) is 4.00. The van der Waals surface area contributed by atoms with Crippen molar-refractivity contribution >= 4 is 17.3 Å². The van der Waals surface area contributed by atoms with Crippen LogP contribution in [0.2, 0.25) is 0 Å². The SMILES string of the molecule is Cc1cncc(NC(=O)C2Cc3ccccc3N2)c1. The summed E-state index contributed by atoms with van der Waals surface area (Å²) >= 11 is 0. The molecule has 1 aliphatic rings. The fourth-order valence-corrected chi connectivity index (χ4v) is 2.31. The summed E-state index contributed by atoms with van der Waals surface area (Å²) in [7, 11) is 0. The van der Waals surface area contributed by atoms with Crippen molar-refractivity contribution in [1.82, 2.24) is 4.98 Å². The standard InChI is InChI=1S/C15H15N3O/c1-10-6-12(9-16-8-10)17-15(19)14-7-11-4-2-3-5-13(11)18-14/h2-6,8-9,14,18H,7H2,1H3,(H,17,19). The molecular formula is C15H15N3O. The van der Waals surface area contributed by atoms with Crippen molar-refractivity contribution in [2.24, 2.45) is 0 Å². The van der Waals surface area contributed by atoms with Crippen LogP contribution in [0.15, 0.2) is 42.7 Å². The summed E-state index contributed by atoms with van der Waals surface area (Å²) in [6.07, 6.45) is 4.15. The van der Waals surface area contributed by atoms with Crippen LogP contribution in [0.5, 0.6) is 0 Å². The summed E-state index contributed by atoms with van der Waals surface area (Å²) in [4.78, 5) is 16.3. The number of carbonyl (C=O) groups excluding carboxylic acids is 1. The smallest absolute Gasteiger partial charge is 0.247 e. The average molecular weight is 253 g/mol. The molecule has 1 amide bonds. The van der Waals surface area contributed by atoms with Gasteiger partial charge in [-0.3, -0.25) is 9.78 Å². The third-order valence-corrected chi connectivity index (χ3v) is 3.23. The van der Waals surface area contributed by atoms with E-state index in [1.165, 1.54) is 5.56 Å². The zero-order chi connectivity index (χ0) is 13.2. The van der Waals surface area contributed by atoms with E-state index in [1.54, 1.807) is 12.4 Å². The van der Waals surface area contributed by atoms with Gasteiger partial charge in [-0.05, 0) is 30.2 Å². The highest BCUT2D eigenvalue weighted by molar-refractivity contribution is 5.97. The number of carbonyl (C=O) groups is 1. The zero-order valence-corrected chi connectivity index (χ0v) is 10.7. The van der Waals surface area contributed by atoms with Crippen LogP contribution in [0.25, 0.3) is 0 Å². The van der Waals surface area contributed by atoms with E-state index in [0.29, 0.717) is 0 Å². The highest BCUT2D eigenvalue weighted by atomic mass is 16.2. The van der Waals surface area contributed by atoms with E-state index in [0.717, 1.165) is 23.4 Å². The van der Waals surface area contributed by atoms with Crippen molar-refractivity contribution in [3.8, 4) is 0 Å². The monoisotopic (exact) mass is 253 g/mol. The Morgan fingerprint density at radius 1 is 1.37 bits per heavy atom. The highest BCUT2D eigenvalue weighted by Crippen LogP contribution is 2.25. The lowest BCUT2D eigenvalue weighted by molar-refractivity contribution is -0.116. The fraction of sp³-hybridized carbons (Fsp3) is 0.200. The summed E-state index contributed by atoms with van der Waals surface area (Å²) in [6.45, 7) is 1.95. The number of aryl methyl sites for hydroxylation is 1. The van der Waals surface area contributed by atoms with Crippen LogP contribution < -0.4 is 10.6 Å². The molecule has 2 N–H and O–H groups in total. The second-order valence-corrected chi connectivity index (χ2v) is 4.80. The maximum absolute atomic E-state index is 12.2. The predicted molar refractivity (Wildman–Crippen MR) is 75.2 cm³/mol. The van der Waals surface area contributed by atoms with Gasteiger partial charge in [0.25, 0.3) is 0 Å². The maximum Gasteiger partial charge on any atom is 0.247 e. The molecular weight excluding hydrogens is 238 g/mol. The molecule has 96 valence electrons. The number of nitrogens with one attached hydrogen (secondary N) is 2. The molecule has 1 unspecified atom stereocenters. The third kappa shape index (κ3) is 2.42. The zero-order valence-electron chi connectivity index (χ0n) is 10.7. The topological polar surface area (TPSA) is 54.0 Å². The van der Waals surface area contributed by atoms with Gasteiger partial charge in [0.1, 0.15) is 6.04 Å². The third-order valence-electron chi connectivity index (χ3n) is 3.23. The molecule has 19 heavy (non-hydrogen) atoms. The number of amides is 1. The van der Waals surface area contributed by atoms with Gasteiger partial charge in [-0.15, -0.1) is 0 Å². The van der Waals surface area contributed by atoms with Crippen molar-refractivity contribution in [3.05, 3.63) is 53.9 Å². The van der Waals surface area contributed by atoms with Crippen molar-refractivity contribution in [2.45, 2.75) is 19.4 Å². The molecule has 3 rings (SSSR count). The van der Waals surface area contributed by atoms with Gasteiger partial charge in [0.2, 0.25) is 5.91 Å². The van der Waals surface area contributed by atoms with Crippen LogP contribution in [0.4, 0.5) is 11.4 Å². The maximum atomic E-state index is 12.2. The molecule has 0 aliphatic carbocycles. The van der Waals surface area contributed by atoms with E-state index < -0.39 is 0 Å². The van der Waals surface area contributed by atoms with Gasteiger partial charge in [0, 0.05) is 18.3 Å². The normalized spacial score (nSPS) is 16.6. The molecule has 1 aliphatic heterocycles. The number of pyridine rings is 1. The summed E-state index contributed by atoms with van der Waals surface area (Å²) in [5, 5.41) is 6.13. The van der Waals surface area contributed by atoms with Gasteiger partial charge in [-0.25, -0.2) is 0 Å². The van der Waals surface area contributed by atoms with Crippen molar-refractivity contribution in [3.63, 3.8) is 0 Å².